The van der Waals surface area contributed by atoms with Gasteiger partial charge in [-0.1, -0.05) is 29.8 Å². The van der Waals surface area contributed by atoms with Crippen molar-refractivity contribution in [1.82, 2.24) is 4.90 Å². The smallest absolute Gasteiger partial charge is 0.322 e. The minimum atomic E-state index is -0.282. The van der Waals surface area contributed by atoms with Crippen LogP contribution in [0.5, 0.6) is 0 Å². The first-order chi connectivity index (χ1) is 15.9. The van der Waals surface area contributed by atoms with E-state index in [1.165, 1.54) is 6.92 Å². The number of hydrogen-bond donors (Lipinski definition) is 1. The molecule has 6 nitrogen and oxygen atoms in total. The third-order valence-corrected chi connectivity index (χ3v) is 5.82. The molecule has 3 amide bonds. The Kier molecular flexibility index (Phi) is 6.75. The van der Waals surface area contributed by atoms with E-state index in [1.807, 2.05) is 30.3 Å². The topological polar surface area (TPSA) is 69.7 Å². The van der Waals surface area contributed by atoms with Crippen molar-refractivity contribution in [3.63, 3.8) is 0 Å². The van der Waals surface area contributed by atoms with Crippen LogP contribution in [0.4, 0.5) is 16.2 Å². The summed E-state index contributed by atoms with van der Waals surface area (Å²) in [4.78, 5) is 40.9. The molecule has 3 aromatic carbocycles. The lowest BCUT2D eigenvalue weighted by Crippen LogP contribution is -2.49. The van der Waals surface area contributed by atoms with E-state index >= 15 is 0 Å². The first kappa shape index (κ1) is 22.6. The Morgan fingerprint density at radius 1 is 0.939 bits per heavy atom. The molecule has 1 aliphatic heterocycles. The number of nitrogens with one attached hydrogen (secondary N) is 1. The third-order valence-electron chi connectivity index (χ3n) is 5.57. The van der Waals surface area contributed by atoms with Crippen molar-refractivity contribution in [2.24, 2.45) is 0 Å². The van der Waals surface area contributed by atoms with Crippen LogP contribution in [0.25, 0.3) is 0 Å². The maximum Gasteiger partial charge on any atom is 0.324 e. The van der Waals surface area contributed by atoms with Crippen LogP contribution in [0, 0.1) is 0 Å². The number of amides is 3. The first-order valence-electron chi connectivity index (χ1n) is 10.7. The summed E-state index contributed by atoms with van der Waals surface area (Å²) in [6.45, 7) is 3.27. The normalized spacial score (nSPS) is 13.7. The van der Waals surface area contributed by atoms with Crippen LogP contribution >= 0.6 is 11.6 Å². The van der Waals surface area contributed by atoms with Gasteiger partial charge in [-0.05, 0) is 73.5 Å². The Bertz CT molecular complexity index is 1180. The fourth-order valence-electron chi connectivity index (χ4n) is 3.78. The Balaban J connectivity index is 1.46. The van der Waals surface area contributed by atoms with Gasteiger partial charge in [0, 0.05) is 47.2 Å². The van der Waals surface area contributed by atoms with Gasteiger partial charge in [-0.2, -0.15) is 0 Å². The van der Waals surface area contributed by atoms with E-state index < -0.39 is 0 Å². The molecule has 1 heterocycles. The molecule has 1 aliphatic rings. The van der Waals surface area contributed by atoms with Gasteiger partial charge in [0.25, 0.3) is 5.91 Å². The molecule has 7 heteroatoms. The van der Waals surface area contributed by atoms with Crippen LogP contribution in [0.3, 0.4) is 0 Å². The number of hydrogen-bond acceptors (Lipinski definition) is 3. The standard InChI is InChI=1S/C26H24ClN3O3/c1-18(31)20-8-12-23(13-9-20)28-25(32)21-4-2-5-24(16-21)30-15-3-14-29(26(30)33)17-19-6-10-22(27)11-7-19/h2,4-13,16H,3,14-15,17H2,1H3,(H,28,32). The lowest BCUT2D eigenvalue weighted by molar-refractivity contribution is 0.101. The number of benzene rings is 3. The Morgan fingerprint density at radius 2 is 1.67 bits per heavy atom. The Morgan fingerprint density at radius 3 is 2.36 bits per heavy atom. The second-order valence-corrected chi connectivity index (χ2v) is 8.41. The van der Waals surface area contributed by atoms with Crippen LogP contribution < -0.4 is 10.2 Å². The molecule has 168 valence electrons. The Hall–Kier alpha value is -3.64. The van der Waals surface area contributed by atoms with Crippen molar-refractivity contribution >= 4 is 40.7 Å². The zero-order valence-corrected chi connectivity index (χ0v) is 19.0. The summed E-state index contributed by atoms with van der Waals surface area (Å²) in [5.74, 6) is -0.313. The van der Waals surface area contributed by atoms with Gasteiger partial charge in [0.2, 0.25) is 0 Å². The van der Waals surface area contributed by atoms with E-state index in [0.29, 0.717) is 47.2 Å². The number of ketones is 1. The fraction of sp³-hybridized carbons (Fsp3) is 0.192. The highest BCUT2D eigenvalue weighted by Crippen LogP contribution is 2.23. The van der Waals surface area contributed by atoms with Gasteiger partial charge >= 0.3 is 6.03 Å². The molecule has 0 unspecified atom stereocenters. The number of rotatable bonds is 6. The number of carbonyl (C=O) groups excluding carboxylic acids is 3. The number of carbonyl (C=O) groups is 3. The average Bonchev–Trinajstić information content (AvgIpc) is 2.82. The Labute approximate surface area is 197 Å². The molecule has 4 rings (SSSR count). The van der Waals surface area contributed by atoms with Crippen LogP contribution in [0.2, 0.25) is 5.02 Å². The molecular formula is C26H24ClN3O3. The minimum Gasteiger partial charge on any atom is -0.322 e. The quantitative estimate of drug-likeness (QED) is 0.484. The zero-order valence-electron chi connectivity index (χ0n) is 18.3. The molecule has 1 saturated heterocycles. The highest BCUT2D eigenvalue weighted by Gasteiger charge is 2.27. The third kappa shape index (κ3) is 5.41. The van der Waals surface area contributed by atoms with E-state index in [2.05, 4.69) is 5.32 Å². The summed E-state index contributed by atoms with van der Waals surface area (Å²) in [6, 6.07) is 21.2. The average molecular weight is 462 g/mol. The van der Waals surface area contributed by atoms with Crippen molar-refractivity contribution in [1.29, 1.82) is 0 Å². The van der Waals surface area contributed by atoms with Crippen molar-refractivity contribution in [2.45, 2.75) is 19.9 Å². The predicted molar refractivity (Wildman–Crippen MR) is 130 cm³/mol. The SMILES string of the molecule is CC(=O)c1ccc(NC(=O)c2cccc(N3CCCN(Cc4ccc(Cl)cc4)C3=O)c2)cc1. The first-order valence-corrected chi connectivity index (χ1v) is 11.1. The summed E-state index contributed by atoms with van der Waals surface area (Å²) in [5.41, 5.74) is 3.32. The summed E-state index contributed by atoms with van der Waals surface area (Å²) < 4.78 is 0. The summed E-state index contributed by atoms with van der Waals surface area (Å²) in [5, 5.41) is 3.50. The summed E-state index contributed by atoms with van der Waals surface area (Å²) in [7, 11) is 0. The second kappa shape index (κ2) is 9.88. The van der Waals surface area contributed by atoms with E-state index in [4.69, 9.17) is 11.6 Å². The van der Waals surface area contributed by atoms with Gasteiger partial charge < -0.3 is 10.2 Å². The largest absolute Gasteiger partial charge is 0.324 e. The van der Waals surface area contributed by atoms with E-state index in [-0.39, 0.29) is 17.7 Å². The van der Waals surface area contributed by atoms with Crippen LogP contribution in [0.15, 0.2) is 72.8 Å². The van der Waals surface area contributed by atoms with E-state index in [1.54, 1.807) is 52.3 Å². The molecule has 1 fully saturated rings. The van der Waals surface area contributed by atoms with Gasteiger partial charge in [0.15, 0.2) is 5.78 Å². The lowest BCUT2D eigenvalue weighted by Gasteiger charge is -2.35. The molecule has 0 atom stereocenters. The lowest BCUT2D eigenvalue weighted by atomic mass is 10.1. The van der Waals surface area contributed by atoms with E-state index in [9.17, 15) is 14.4 Å². The van der Waals surface area contributed by atoms with Crippen LogP contribution in [-0.4, -0.2) is 35.7 Å². The number of urea groups is 1. The van der Waals surface area contributed by atoms with E-state index in [0.717, 1.165) is 12.0 Å². The van der Waals surface area contributed by atoms with Gasteiger partial charge in [-0.15, -0.1) is 0 Å². The minimum absolute atomic E-state index is 0.0307. The van der Waals surface area contributed by atoms with Crippen LogP contribution in [-0.2, 0) is 6.54 Å². The highest BCUT2D eigenvalue weighted by atomic mass is 35.5. The zero-order chi connectivity index (χ0) is 23.4. The molecule has 1 N–H and O–H groups in total. The molecule has 3 aromatic rings. The van der Waals surface area contributed by atoms with Crippen molar-refractivity contribution in [2.75, 3.05) is 23.3 Å². The number of Topliss-reactive ketones (excluding diaryl/α,β-unsaturated/α-hetero) is 1. The van der Waals surface area contributed by atoms with Crippen molar-refractivity contribution in [3.8, 4) is 0 Å². The molecule has 0 spiro atoms. The van der Waals surface area contributed by atoms with Gasteiger partial charge in [0.1, 0.15) is 0 Å². The van der Waals surface area contributed by atoms with Gasteiger partial charge in [0.05, 0.1) is 0 Å². The van der Waals surface area contributed by atoms with Crippen molar-refractivity contribution < 1.29 is 14.4 Å². The maximum absolute atomic E-state index is 13.2. The maximum atomic E-state index is 13.2. The summed E-state index contributed by atoms with van der Waals surface area (Å²) >= 11 is 5.96. The highest BCUT2D eigenvalue weighted by molar-refractivity contribution is 6.30. The molecule has 0 aromatic heterocycles. The molecular weight excluding hydrogens is 438 g/mol. The second-order valence-electron chi connectivity index (χ2n) is 7.97. The van der Waals surface area contributed by atoms with Gasteiger partial charge in [-0.25, -0.2) is 4.79 Å². The summed E-state index contributed by atoms with van der Waals surface area (Å²) in [6.07, 6.45) is 0.832. The number of halogens is 1. The fourth-order valence-corrected chi connectivity index (χ4v) is 3.91. The predicted octanol–water partition coefficient (Wildman–Crippen LogP) is 5.63. The van der Waals surface area contributed by atoms with Gasteiger partial charge in [-0.3, -0.25) is 14.5 Å². The molecule has 0 aliphatic carbocycles. The molecule has 0 bridgehead atoms. The number of nitrogens with zero attached hydrogens (tertiary/aromatic N) is 2. The number of anilines is 2. The molecule has 33 heavy (non-hydrogen) atoms. The van der Waals surface area contributed by atoms with Crippen molar-refractivity contribution in [3.05, 3.63) is 94.5 Å². The molecule has 0 radical (unpaired) electrons. The molecule has 0 saturated carbocycles. The van der Waals surface area contributed by atoms with Crippen LogP contribution in [0.1, 0.15) is 39.6 Å². The monoisotopic (exact) mass is 461 g/mol.